The number of unbranched alkanes of at least 4 members (excludes halogenated alkanes) is 3. The van der Waals surface area contributed by atoms with E-state index in [1.54, 1.807) is 41.8 Å². The smallest absolute Gasteiger partial charge is 0.269 e. The second-order valence-electron chi connectivity index (χ2n) is 5.77. The van der Waals surface area contributed by atoms with E-state index in [2.05, 4.69) is 23.1 Å². The molecule has 6 nitrogen and oxygen atoms in total. The first-order chi connectivity index (χ1) is 13.1. The van der Waals surface area contributed by atoms with Crippen molar-refractivity contribution in [1.29, 1.82) is 0 Å². The zero-order chi connectivity index (χ0) is 19.5. The van der Waals surface area contributed by atoms with Crippen molar-refractivity contribution < 1.29 is 14.3 Å². The molecule has 27 heavy (non-hydrogen) atoms. The number of ether oxygens (including phenoxy) is 1. The Bertz CT molecular complexity index is 746. The standard InChI is InChI=1S/C19H23N3O3S2/c1-2-3-4-5-12-25-15-10-8-14(9-11-15)17(23)21-22-19(26)20-18(24)16-7-6-13-27-16/h6-11,13H,2-5,12H2,1H3,(H,21,23)(H2,20,22,24,26). The molecule has 2 amide bonds. The number of hydrogen-bond donors (Lipinski definition) is 3. The monoisotopic (exact) mass is 405 g/mol. The summed E-state index contributed by atoms with van der Waals surface area (Å²) in [7, 11) is 0. The SMILES string of the molecule is CCCCCCOc1ccc(C(=O)NNC(=S)NC(=O)c2cccs2)cc1. The van der Waals surface area contributed by atoms with Gasteiger partial charge in [0.1, 0.15) is 5.75 Å². The molecule has 0 fully saturated rings. The van der Waals surface area contributed by atoms with Crippen molar-refractivity contribution in [3.05, 3.63) is 52.2 Å². The van der Waals surface area contributed by atoms with Gasteiger partial charge in [-0.3, -0.25) is 25.8 Å². The molecule has 1 heterocycles. The van der Waals surface area contributed by atoms with Crippen LogP contribution in [0.3, 0.4) is 0 Å². The third kappa shape index (κ3) is 7.36. The zero-order valence-electron chi connectivity index (χ0n) is 15.1. The van der Waals surface area contributed by atoms with Crippen LogP contribution in [-0.4, -0.2) is 23.5 Å². The molecule has 0 saturated carbocycles. The molecule has 1 aromatic carbocycles. The summed E-state index contributed by atoms with van der Waals surface area (Å²) < 4.78 is 5.65. The number of rotatable bonds is 8. The van der Waals surface area contributed by atoms with E-state index in [0.717, 1.165) is 18.6 Å². The van der Waals surface area contributed by atoms with E-state index in [1.807, 2.05) is 0 Å². The Kier molecular flexibility index (Phi) is 8.73. The highest BCUT2D eigenvalue weighted by Crippen LogP contribution is 2.13. The van der Waals surface area contributed by atoms with Gasteiger partial charge in [-0.05, 0) is 54.4 Å². The Hall–Kier alpha value is -2.45. The number of thiophene rings is 1. The van der Waals surface area contributed by atoms with Crippen LogP contribution >= 0.6 is 23.6 Å². The van der Waals surface area contributed by atoms with Crippen molar-refractivity contribution in [3.63, 3.8) is 0 Å². The molecule has 0 aliphatic rings. The van der Waals surface area contributed by atoms with Crippen molar-refractivity contribution in [2.24, 2.45) is 0 Å². The van der Waals surface area contributed by atoms with E-state index in [0.29, 0.717) is 17.0 Å². The third-order valence-electron chi connectivity index (χ3n) is 3.64. The van der Waals surface area contributed by atoms with Gasteiger partial charge >= 0.3 is 0 Å². The van der Waals surface area contributed by atoms with Crippen LogP contribution in [0.25, 0.3) is 0 Å². The largest absolute Gasteiger partial charge is 0.494 e. The molecular weight excluding hydrogens is 382 g/mol. The predicted octanol–water partition coefficient (Wildman–Crippen LogP) is 3.66. The first-order valence-electron chi connectivity index (χ1n) is 8.78. The summed E-state index contributed by atoms with van der Waals surface area (Å²) in [6.07, 6.45) is 4.59. The molecule has 0 aliphatic heterocycles. The summed E-state index contributed by atoms with van der Waals surface area (Å²) >= 11 is 6.30. The average molecular weight is 406 g/mol. The Morgan fingerprint density at radius 2 is 1.81 bits per heavy atom. The highest BCUT2D eigenvalue weighted by molar-refractivity contribution is 7.80. The van der Waals surface area contributed by atoms with Gasteiger partial charge in [-0.25, -0.2) is 0 Å². The van der Waals surface area contributed by atoms with E-state index in [9.17, 15) is 9.59 Å². The molecule has 144 valence electrons. The summed E-state index contributed by atoms with van der Waals surface area (Å²) in [5, 5.41) is 4.31. The lowest BCUT2D eigenvalue weighted by Crippen LogP contribution is -2.48. The van der Waals surface area contributed by atoms with Crippen molar-refractivity contribution >= 4 is 40.5 Å². The fraction of sp³-hybridized carbons (Fsp3) is 0.316. The van der Waals surface area contributed by atoms with Crippen LogP contribution in [0.1, 0.15) is 52.6 Å². The Morgan fingerprint density at radius 3 is 2.48 bits per heavy atom. The molecule has 2 rings (SSSR count). The number of benzene rings is 1. The van der Waals surface area contributed by atoms with Gasteiger partial charge in [0.05, 0.1) is 11.5 Å². The topological polar surface area (TPSA) is 79.5 Å². The number of hydrogen-bond acceptors (Lipinski definition) is 5. The number of hydrazine groups is 1. The van der Waals surface area contributed by atoms with Crippen LogP contribution in [0.5, 0.6) is 5.75 Å². The predicted molar refractivity (Wildman–Crippen MR) is 111 cm³/mol. The second kappa shape index (κ2) is 11.3. The maximum atomic E-state index is 12.1. The summed E-state index contributed by atoms with van der Waals surface area (Å²) in [4.78, 5) is 24.5. The fourth-order valence-electron chi connectivity index (χ4n) is 2.21. The number of nitrogens with one attached hydrogen (secondary N) is 3. The highest BCUT2D eigenvalue weighted by Gasteiger charge is 2.10. The molecule has 2 aromatic rings. The number of thiocarbonyl (C=S) groups is 1. The Labute approximate surface area is 168 Å². The van der Waals surface area contributed by atoms with Gasteiger partial charge < -0.3 is 4.74 Å². The van der Waals surface area contributed by atoms with Crippen LogP contribution in [-0.2, 0) is 0 Å². The van der Waals surface area contributed by atoms with E-state index in [1.165, 1.54) is 24.2 Å². The molecule has 0 saturated heterocycles. The van der Waals surface area contributed by atoms with Gasteiger partial charge in [-0.2, -0.15) is 0 Å². The number of carbonyl (C=O) groups is 2. The van der Waals surface area contributed by atoms with Crippen LogP contribution < -0.4 is 20.9 Å². The summed E-state index contributed by atoms with van der Waals surface area (Å²) in [6.45, 7) is 2.84. The highest BCUT2D eigenvalue weighted by atomic mass is 32.1. The van der Waals surface area contributed by atoms with E-state index in [-0.39, 0.29) is 16.9 Å². The molecule has 0 radical (unpaired) electrons. The van der Waals surface area contributed by atoms with Crippen LogP contribution in [0.15, 0.2) is 41.8 Å². The lowest BCUT2D eigenvalue weighted by molar-refractivity contribution is 0.0935. The minimum atomic E-state index is -0.364. The minimum Gasteiger partial charge on any atom is -0.494 e. The van der Waals surface area contributed by atoms with E-state index < -0.39 is 0 Å². The first-order valence-corrected chi connectivity index (χ1v) is 10.1. The van der Waals surface area contributed by atoms with Crippen LogP contribution in [0, 0.1) is 0 Å². The van der Waals surface area contributed by atoms with Gasteiger partial charge in [0, 0.05) is 5.56 Å². The van der Waals surface area contributed by atoms with Gasteiger partial charge in [0.15, 0.2) is 5.11 Å². The molecule has 8 heteroatoms. The van der Waals surface area contributed by atoms with Gasteiger partial charge in [0.2, 0.25) is 0 Å². The molecule has 0 aliphatic carbocycles. The molecule has 0 unspecified atom stereocenters. The van der Waals surface area contributed by atoms with Gasteiger partial charge in [0.25, 0.3) is 11.8 Å². The third-order valence-corrected chi connectivity index (χ3v) is 4.72. The van der Waals surface area contributed by atoms with Crippen LogP contribution in [0.2, 0.25) is 0 Å². The lowest BCUT2D eigenvalue weighted by Gasteiger charge is -2.11. The van der Waals surface area contributed by atoms with Gasteiger partial charge in [-0.15, -0.1) is 11.3 Å². The molecule has 1 aromatic heterocycles. The number of carbonyl (C=O) groups excluding carboxylic acids is 2. The second-order valence-corrected chi connectivity index (χ2v) is 7.13. The molecule has 0 atom stereocenters. The Morgan fingerprint density at radius 1 is 1.04 bits per heavy atom. The van der Waals surface area contributed by atoms with Crippen molar-refractivity contribution in [3.8, 4) is 5.75 Å². The molecule has 3 N–H and O–H groups in total. The van der Waals surface area contributed by atoms with Crippen molar-refractivity contribution in [2.75, 3.05) is 6.61 Å². The first kappa shape index (κ1) is 20.9. The fourth-order valence-corrected chi connectivity index (χ4v) is 2.97. The molecule has 0 spiro atoms. The lowest BCUT2D eigenvalue weighted by atomic mass is 10.2. The normalized spacial score (nSPS) is 10.1. The van der Waals surface area contributed by atoms with Crippen molar-refractivity contribution in [2.45, 2.75) is 32.6 Å². The van der Waals surface area contributed by atoms with Crippen molar-refractivity contribution in [1.82, 2.24) is 16.2 Å². The summed E-state index contributed by atoms with van der Waals surface area (Å²) in [6, 6.07) is 10.3. The molecular formula is C19H23N3O3S2. The quantitative estimate of drug-likeness (QED) is 0.355. The number of amides is 2. The minimum absolute atomic E-state index is 0.0220. The zero-order valence-corrected chi connectivity index (χ0v) is 16.8. The van der Waals surface area contributed by atoms with Gasteiger partial charge in [-0.1, -0.05) is 32.3 Å². The average Bonchev–Trinajstić information content (AvgIpc) is 3.21. The maximum Gasteiger partial charge on any atom is 0.269 e. The molecule has 0 bridgehead atoms. The maximum absolute atomic E-state index is 12.1. The van der Waals surface area contributed by atoms with E-state index in [4.69, 9.17) is 17.0 Å². The summed E-state index contributed by atoms with van der Waals surface area (Å²) in [5.74, 6) is 0.0455. The summed E-state index contributed by atoms with van der Waals surface area (Å²) in [5.41, 5.74) is 5.42. The van der Waals surface area contributed by atoms with Crippen LogP contribution in [0.4, 0.5) is 0 Å². The Balaban J connectivity index is 1.72. The van der Waals surface area contributed by atoms with E-state index >= 15 is 0 Å².